The van der Waals surface area contributed by atoms with Gasteiger partial charge < -0.3 is 9.84 Å². The normalized spacial score (nSPS) is 15.5. The summed E-state index contributed by atoms with van der Waals surface area (Å²) in [6.07, 6.45) is 1.22. The average molecular weight is 253 g/mol. The zero-order valence-corrected chi connectivity index (χ0v) is 10.6. The highest BCUT2D eigenvalue weighted by molar-refractivity contribution is 7.90. The second kappa shape index (κ2) is 6.17. The number of esters is 1. The minimum absolute atomic E-state index is 0.111. The summed E-state index contributed by atoms with van der Waals surface area (Å²) < 4.78 is 29.1. The molecule has 0 aliphatic rings. The van der Waals surface area contributed by atoms with E-state index in [1.807, 2.05) is 6.92 Å². The summed E-state index contributed by atoms with van der Waals surface area (Å²) in [5, 5.41) is 9.73. The van der Waals surface area contributed by atoms with Crippen molar-refractivity contribution >= 4 is 16.0 Å². The van der Waals surface area contributed by atoms with Gasteiger partial charge in [-0.25, -0.2) is 13.1 Å². The van der Waals surface area contributed by atoms with Crippen LogP contribution in [0.5, 0.6) is 0 Å². The van der Waals surface area contributed by atoms with Crippen LogP contribution in [0.1, 0.15) is 26.7 Å². The topological polar surface area (TPSA) is 92.7 Å². The van der Waals surface area contributed by atoms with E-state index in [2.05, 4.69) is 9.46 Å². The van der Waals surface area contributed by atoms with Crippen molar-refractivity contribution in [2.75, 3.05) is 19.4 Å². The molecular weight excluding hydrogens is 234 g/mol. The SMILES string of the molecule is CCCC(C)(O)CNS(=O)(=O)CC(=O)OC. The number of carbonyl (C=O) groups excluding carboxylic acids is 1. The number of rotatable bonds is 7. The van der Waals surface area contributed by atoms with Crippen molar-refractivity contribution in [3.05, 3.63) is 0 Å². The van der Waals surface area contributed by atoms with E-state index in [4.69, 9.17) is 0 Å². The van der Waals surface area contributed by atoms with Crippen LogP contribution in [0.3, 0.4) is 0 Å². The molecule has 0 fully saturated rings. The maximum absolute atomic E-state index is 11.3. The number of aliphatic hydroxyl groups is 1. The molecule has 0 saturated carbocycles. The summed E-state index contributed by atoms with van der Waals surface area (Å²) in [4.78, 5) is 10.8. The van der Waals surface area contributed by atoms with Crippen LogP contribution in [0.15, 0.2) is 0 Å². The minimum atomic E-state index is -3.73. The Morgan fingerprint density at radius 2 is 2.06 bits per heavy atom. The monoisotopic (exact) mass is 253 g/mol. The first-order valence-electron chi connectivity index (χ1n) is 4.99. The largest absolute Gasteiger partial charge is 0.468 e. The Balaban J connectivity index is 4.24. The number of hydrogen-bond donors (Lipinski definition) is 2. The third-order valence-corrected chi connectivity index (χ3v) is 3.20. The van der Waals surface area contributed by atoms with Crippen LogP contribution in [-0.4, -0.2) is 44.5 Å². The van der Waals surface area contributed by atoms with Crippen molar-refractivity contribution < 1.29 is 23.1 Å². The van der Waals surface area contributed by atoms with Gasteiger partial charge in [0.05, 0.1) is 12.7 Å². The molecule has 1 unspecified atom stereocenters. The van der Waals surface area contributed by atoms with Crippen molar-refractivity contribution in [3.8, 4) is 0 Å². The molecule has 2 N–H and O–H groups in total. The lowest BCUT2D eigenvalue weighted by atomic mass is 10.0. The molecule has 7 heteroatoms. The number of carbonyl (C=O) groups is 1. The maximum atomic E-state index is 11.3. The van der Waals surface area contributed by atoms with Gasteiger partial charge >= 0.3 is 5.97 Å². The van der Waals surface area contributed by atoms with Gasteiger partial charge in [-0.2, -0.15) is 0 Å². The molecule has 1 atom stereocenters. The molecule has 96 valence electrons. The molecule has 0 bridgehead atoms. The third kappa shape index (κ3) is 6.76. The fraction of sp³-hybridized carbons (Fsp3) is 0.889. The number of methoxy groups -OCH3 is 1. The van der Waals surface area contributed by atoms with Crippen LogP contribution in [0.4, 0.5) is 0 Å². The molecule has 16 heavy (non-hydrogen) atoms. The molecule has 0 aromatic carbocycles. The van der Waals surface area contributed by atoms with Gasteiger partial charge in [0.15, 0.2) is 5.75 Å². The molecule has 0 spiro atoms. The van der Waals surface area contributed by atoms with Gasteiger partial charge in [0.1, 0.15) is 0 Å². The van der Waals surface area contributed by atoms with Gasteiger partial charge in [0, 0.05) is 6.54 Å². The zero-order chi connectivity index (χ0) is 12.8. The number of ether oxygens (including phenoxy) is 1. The number of nitrogens with one attached hydrogen (secondary N) is 1. The lowest BCUT2D eigenvalue weighted by molar-refractivity contribution is -0.137. The second-order valence-corrected chi connectivity index (χ2v) is 5.71. The van der Waals surface area contributed by atoms with Crippen LogP contribution < -0.4 is 4.72 Å². The summed E-state index contributed by atoms with van der Waals surface area (Å²) in [6.45, 7) is 3.31. The summed E-state index contributed by atoms with van der Waals surface area (Å²) in [7, 11) is -2.61. The van der Waals surface area contributed by atoms with Crippen molar-refractivity contribution in [1.29, 1.82) is 0 Å². The smallest absolute Gasteiger partial charge is 0.322 e. The van der Waals surface area contributed by atoms with Gasteiger partial charge in [-0.05, 0) is 13.3 Å². The average Bonchev–Trinajstić information content (AvgIpc) is 2.14. The Morgan fingerprint density at radius 3 is 2.50 bits per heavy atom. The van der Waals surface area contributed by atoms with Crippen LogP contribution in [0, 0.1) is 0 Å². The zero-order valence-electron chi connectivity index (χ0n) is 9.82. The second-order valence-electron chi connectivity index (χ2n) is 3.90. The van der Waals surface area contributed by atoms with Gasteiger partial charge in [-0.1, -0.05) is 13.3 Å². The summed E-state index contributed by atoms with van der Waals surface area (Å²) in [5.74, 6) is -1.56. The molecule has 0 aliphatic heterocycles. The molecular formula is C9H19NO5S. The standard InChI is InChI=1S/C9H19NO5S/c1-4-5-9(2,12)7-10-16(13,14)6-8(11)15-3/h10,12H,4-7H2,1-3H3. The first kappa shape index (κ1) is 15.3. The Kier molecular flexibility index (Phi) is 5.91. The molecule has 0 radical (unpaired) electrons. The van der Waals surface area contributed by atoms with Crippen molar-refractivity contribution in [2.45, 2.75) is 32.3 Å². The van der Waals surface area contributed by atoms with E-state index < -0.39 is 27.3 Å². The van der Waals surface area contributed by atoms with E-state index >= 15 is 0 Å². The van der Waals surface area contributed by atoms with Gasteiger partial charge in [0.25, 0.3) is 0 Å². The third-order valence-electron chi connectivity index (χ3n) is 2.00. The van der Waals surface area contributed by atoms with E-state index in [0.717, 1.165) is 13.5 Å². The Morgan fingerprint density at radius 1 is 1.50 bits per heavy atom. The van der Waals surface area contributed by atoms with Crippen LogP contribution >= 0.6 is 0 Å². The summed E-state index contributed by atoms with van der Waals surface area (Å²) >= 11 is 0. The van der Waals surface area contributed by atoms with E-state index in [1.165, 1.54) is 6.92 Å². The molecule has 0 aromatic heterocycles. The highest BCUT2D eigenvalue weighted by Gasteiger charge is 2.23. The van der Waals surface area contributed by atoms with Gasteiger partial charge in [-0.3, -0.25) is 4.79 Å². The molecule has 0 heterocycles. The lowest BCUT2D eigenvalue weighted by Gasteiger charge is -2.22. The quantitative estimate of drug-likeness (QED) is 0.604. The van der Waals surface area contributed by atoms with E-state index in [9.17, 15) is 18.3 Å². The Hall–Kier alpha value is -0.660. The summed E-state index contributed by atoms with van der Waals surface area (Å²) in [5.41, 5.74) is -1.10. The highest BCUT2D eigenvalue weighted by atomic mass is 32.2. The molecule has 6 nitrogen and oxygen atoms in total. The Bertz CT molecular complexity index is 323. The molecule has 0 amide bonds. The first-order valence-corrected chi connectivity index (χ1v) is 6.64. The van der Waals surface area contributed by atoms with Gasteiger partial charge in [0.2, 0.25) is 10.0 Å². The molecule has 0 aromatic rings. The summed E-state index contributed by atoms with van der Waals surface area (Å²) in [6, 6.07) is 0. The predicted octanol–water partition coefficient (Wildman–Crippen LogP) is -0.370. The molecule has 0 aliphatic carbocycles. The first-order chi connectivity index (χ1) is 7.22. The molecule has 0 saturated heterocycles. The predicted molar refractivity (Wildman–Crippen MR) is 59.3 cm³/mol. The van der Waals surface area contributed by atoms with Crippen molar-refractivity contribution in [1.82, 2.24) is 4.72 Å². The molecule has 0 rings (SSSR count). The van der Waals surface area contributed by atoms with Crippen LogP contribution in [0.2, 0.25) is 0 Å². The van der Waals surface area contributed by atoms with Crippen molar-refractivity contribution in [2.24, 2.45) is 0 Å². The van der Waals surface area contributed by atoms with Crippen LogP contribution in [0.25, 0.3) is 0 Å². The fourth-order valence-corrected chi connectivity index (χ4v) is 2.22. The lowest BCUT2D eigenvalue weighted by Crippen LogP contribution is -2.42. The minimum Gasteiger partial charge on any atom is -0.468 e. The maximum Gasteiger partial charge on any atom is 0.322 e. The number of sulfonamides is 1. The van der Waals surface area contributed by atoms with Crippen molar-refractivity contribution in [3.63, 3.8) is 0 Å². The van der Waals surface area contributed by atoms with E-state index in [1.54, 1.807) is 0 Å². The van der Waals surface area contributed by atoms with E-state index in [0.29, 0.717) is 6.42 Å². The van der Waals surface area contributed by atoms with E-state index in [-0.39, 0.29) is 6.54 Å². The van der Waals surface area contributed by atoms with Gasteiger partial charge in [-0.15, -0.1) is 0 Å². The van der Waals surface area contributed by atoms with Crippen LogP contribution in [-0.2, 0) is 19.6 Å². The number of hydrogen-bond acceptors (Lipinski definition) is 5. The highest BCUT2D eigenvalue weighted by Crippen LogP contribution is 2.10. The Labute approximate surface area is 96.0 Å². The fourth-order valence-electron chi connectivity index (χ4n) is 1.16.